The molecule has 1 saturated carbocycles. The summed E-state index contributed by atoms with van der Waals surface area (Å²) in [5.74, 6) is 7.84. The van der Waals surface area contributed by atoms with Gasteiger partial charge in [-0.15, -0.1) is 0 Å². The Morgan fingerprint density at radius 3 is 2.32 bits per heavy atom. The first-order chi connectivity index (χ1) is 9.24. The smallest absolute Gasteiger partial charge is 0.204 e. The third kappa shape index (κ3) is 2.73. The summed E-state index contributed by atoms with van der Waals surface area (Å²) in [6.45, 7) is 0. The van der Waals surface area contributed by atoms with E-state index in [4.69, 9.17) is 20.1 Å². The van der Waals surface area contributed by atoms with Crippen molar-refractivity contribution >= 4 is 5.84 Å². The number of nitrogens with zero attached hydrogens (tertiary/aromatic N) is 1. The molecule has 0 unspecified atom stereocenters. The molecular weight excluding hydrogens is 246 g/mol. The van der Waals surface area contributed by atoms with Crippen LogP contribution in [0.3, 0.4) is 0 Å². The van der Waals surface area contributed by atoms with E-state index in [1.807, 2.05) is 6.07 Å². The van der Waals surface area contributed by atoms with Gasteiger partial charge in [-0.2, -0.15) is 0 Å². The topological polar surface area (TPSA) is 78.1 Å². The predicted octanol–water partition coefficient (Wildman–Crippen LogP) is 1.08. The van der Waals surface area contributed by atoms with Gasteiger partial charge in [0.05, 0.1) is 32.9 Å². The molecule has 0 radical (unpaired) electrons. The first kappa shape index (κ1) is 13.5. The van der Waals surface area contributed by atoms with E-state index >= 15 is 0 Å². The lowest BCUT2D eigenvalue weighted by Crippen LogP contribution is -2.32. The number of hydrogen-bond donors (Lipinski definition) is 2. The SMILES string of the molecule is COc1ccc(C(=NC2CC2)NN)c(OC)c1OC. The van der Waals surface area contributed by atoms with Crippen molar-refractivity contribution in [1.82, 2.24) is 5.43 Å². The van der Waals surface area contributed by atoms with Crippen LogP contribution in [0.1, 0.15) is 18.4 Å². The van der Waals surface area contributed by atoms with Gasteiger partial charge in [-0.1, -0.05) is 0 Å². The maximum Gasteiger partial charge on any atom is 0.204 e. The molecule has 1 aromatic carbocycles. The number of hydrogen-bond acceptors (Lipinski definition) is 5. The van der Waals surface area contributed by atoms with E-state index in [0.717, 1.165) is 18.4 Å². The largest absolute Gasteiger partial charge is 0.493 e. The minimum Gasteiger partial charge on any atom is -0.493 e. The van der Waals surface area contributed by atoms with E-state index in [9.17, 15) is 0 Å². The van der Waals surface area contributed by atoms with Gasteiger partial charge in [-0.25, -0.2) is 5.84 Å². The van der Waals surface area contributed by atoms with Crippen LogP contribution in [0, 0.1) is 0 Å². The molecule has 0 spiro atoms. The lowest BCUT2D eigenvalue weighted by Gasteiger charge is -2.16. The number of ether oxygens (including phenoxy) is 3. The molecule has 0 amide bonds. The Kier molecular flexibility index (Phi) is 4.11. The molecule has 0 aliphatic heterocycles. The van der Waals surface area contributed by atoms with Crippen LogP contribution in [0.15, 0.2) is 17.1 Å². The number of hydrazine groups is 1. The summed E-state index contributed by atoms with van der Waals surface area (Å²) < 4.78 is 16.0. The summed E-state index contributed by atoms with van der Waals surface area (Å²) >= 11 is 0. The fourth-order valence-electron chi connectivity index (χ4n) is 1.86. The second-order valence-electron chi connectivity index (χ2n) is 4.24. The molecular formula is C13H19N3O3. The molecule has 19 heavy (non-hydrogen) atoms. The number of nitrogens with two attached hydrogens (primary N) is 1. The maximum absolute atomic E-state index is 5.56. The van der Waals surface area contributed by atoms with Gasteiger partial charge in [0.15, 0.2) is 11.5 Å². The molecule has 2 rings (SSSR count). The monoisotopic (exact) mass is 265 g/mol. The third-order valence-electron chi connectivity index (χ3n) is 2.95. The summed E-state index contributed by atoms with van der Waals surface area (Å²) in [6.07, 6.45) is 2.20. The lowest BCUT2D eigenvalue weighted by atomic mass is 10.1. The van der Waals surface area contributed by atoms with Crippen molar-refractivity contribution in [2.75, 3.05) is 21.3 Å². The van der Waals surface area contributed by atoms with E-state index in [1.54, 1.807) is 27.4 Å². The summed E-state index contributed by atoms with van der Waals surface area (Å²) in [5.41, 5.74) is 3.39. The Balaban J connectivity index is 2.49. The number of amidine groups is 1. The van der Waals surface area contributed by atoms with Gasteiger partial charge in [-0.05, 0) is 25.0 Å². The Labute approximate surface area is 112 Å². The highest BCUT2D eigenvalue weighted by atomic mass is 16.5. The van der Waals surface area contributed by atoms with Crippen molar-refractivity contribution in [2.45, 2.75) is 18.9 Å². The number of nitrogens with one attached hydrogen (secondary N) is 1. The molecule has 1 fully saturated rings. The first-order valence-electron chi connectivity index (χ1n) is 6.08. The van der Waals surface area contributed by atoms with Crippen LogP contribution < -0.4 is 25.5 Å². The van der Waals surface area contributed by atoms with Gasteiger partial charge in [-0.3, -0.25) is 4.99 Å². The van der Waals surface area contributed by atoms with E-state index < -0.39 is 0 Å². The van der Waals surface area contributed by atoms with Gasteiger partial charge in [0.25, 0.3) is 0 Å². The zero-order valence-electron chi connectivity index (χ0n) is 11.4. The van der Waals surface area contributed by atoms with Crippen molar-refractivity contribution in [3.05, 3.63) is 17.7 Å². The number of rotatable bonds is 5. The standard InChI is InChI=1S/C13H19N3O3/c1-17-10-7-6-9(11(18-2)12(10)19-3)13(16-14)15-8-4-5-8/h6-8H,4-5,14H2,1-3H3,(H,15,16). The minimum absolute atomic E-state index is 0.351. The van der Waals surface area contributed by atoms with Crippen molar-refractivity contribution in [3.63, 3.8) is 0 Å². The second-order valence-corrected chi connectivity index (χ2v) is 4.24. The van der Waals surface area contributed by atoms with E-state index in [1.165, 1.54) is 0 Å². The average molecular weight is 265 g/mol. The van der Waals surface area contributed by atoms with Gasteiger partial charge in [0.1, 0.15) is 5.84 Å². The summed E-state index contributed by atoms with van der Waals surface area (Å²) in [4.78, 5) is 4.52. The van der Waals surface area contributed by atoms with Gasteiger partial charge in [0.2, 0.25) is 5.75 Å². The van der Waals surface area contributed by atoms with Gasteiger partial charge < -0.3 is 19.6 Å². The van der Waals surface area contributed by atoms with Crippen LogP contribution in [-0.2, 0) is 0 Å². The Morgan fingerprint density at radius 1 is 1.16 bits per heavy atom. The highest BCUT2D eigenvalue weighted by Crippen LogP contribution is 2.40. The summed E-state index contributed by atoms with van der Waals surface area (Å²) in [5, 5.41) is 0. The van der Waals surface area contributed by atoms with Crippen LogP contribution in [0.5, 0.6) is 17.2 Å². The zero-order chi connectivity index (χ0) is 13.8. The van der Waals surface area contributed by atoms with Crippen molar-refractivity contribution in [1.29, 1.82) is 0 Å². The highest BCUT2D eigenvalue weighted by Gasteiger charge is 2.24. The Hall–Kier alpha value is -1.95. The molecule has 3 N–H and O–H groups in total. The van der Waals surface area contributed by atoms with Crippen molar-refractivity contribution < 1.29 is 14.2 Å². The highest BCUT2D eigenvalue weighted by molar-refractivity contribution is 6.02. The molecule has 1 aliphatic carbocycles. The lowest BCUT2D eigenvalue weighted by molar-refractivity contribution is 0.324. The number of aliphatic imine (C=N–C) groups is 1. The molecule has 104 valence electrons. The number of methoxy groups -OCH3 is 3. The van der Waals surface area contributed by atoms with Crippen molar-refractivity contribution in [2.24, 2.45) is 10.8 Å². The molecule has 0 bridgehead atoms. The average Bonchev–Trinajstić information content (AvgIpc) is 3.26. The third-order valence-corrected chi connectivity index (χ3v) is 2.95. The molecule has 0 aromatic heterocycles. The minimum atomic E-state index is 0.351. The fraction of sp³-hybridized carbons (Fsp3) is 0.462. The Morgan fingerprint density at radius 2 is 1.84 bits per heavy atom. The molecule has 1 aromatic rings. The molecule has 0 atom stereocenters. The molecule has 1 aliphatic rings. The zero-order valence-corrected chi connectivity index (χ0v) is 11.4. The Bertz CT molecular complexity index is 484. The summed E-state index contributed by atoms with van der Waals surface area (Å²) in [6, 6.07) is 4.00. The second kappa shape index (κ2) is 5.79. The molecule has 6 heteroatoms. The maximum atomic E-state index is 5.56. The molecule has 0 heterocycles. The van der Waals surface area contributed by atoms with Gasteiger partial charge >= 0.3 is 0 Å². The quantitative estimate of drug-likeness (QED) is 0.360. The normalized spacial score (nSPS) is 15.1. The number of benzene rings is 1. The van der Waals surface area contributed by atoms with E-state index in [-0.39, 0.29) is 0 Å². The van der Waals surface area contributed by atoms with Crippen LogP contribution in [0.25, 0.3) is 0 Å². The van der Waals surface area contributed by atoms with Gasteiger partial charge in [0, 0.05) is 0 Å². The van der Waals surface area contributed by atoms with Crippen LogP contribution in [-0.4, -0.2) is 33.2 Å². The molecule has 6 nitrogen and oxygen atoms in total. The predicted molar refractivity (Wildman–Crippen MR) is 73.0 cm³/mol. The van der Waals surface area contributed by atoms with E-state index in [0.29, 0.717) is 29.1 Å². The fourth-order valence-corrected chi connectivity index (χ4v) is 1.86. The summed E-state index contributed by atoms with van der Waals surface area (Å²) in [7, 11) is 4.72. The van der Waals surface area contributed by atoms with Crippen LogP contribution in [0.2, 0.25) is 0 Å². The van der Waals surface area contributed by atoms with Crippen LogP contribution >= 0.6 is 0 Å². The first-order valence-corrected chi connectivity index (χ1v) is 6.08. The van der Waals surface area contributed by atoms with E-state index in [2.05, 4.69) is 10.4 Å². The molecule has 0 saturated heterocycles. The van der Waals surface area contributed by atoms with Crippen molar-refractivity contribution in [3.8, 4) is 17.2 Å². The van der Waals surface area contributed by atoms with Crippen LogP contribution in [0.4, 0.5) is 0 Å².